The Morgan fingerprint density at radius 3 is 2.47 bits per heavy atom. The van der Waals surface area contributed by atoms with Crippen LogP contribution < -0.4 is 11.1 Å². The second-order valence-electron chi connectivity index (χ2n) is 6.83. The zero-order valence-corrected chi connectivity index (χ0v) is 12.4. The lowest BCUT2D eigenvalue weighted by molar-refractivity contribution is -0.172. The third-order valence-electron chi connectivity index (χ3n) is 4.81. The fraction of sp³-hybridized carbons (Fsp3) is 0.929. The zero-order valence-electron chi connectivity index (χ0n) is 12.4. The average Bonchev–Trinajstić information content (AvgIpc) is 2.33. The molecule has 0 aromatic rings. The molecule has 0 aromatic heterocycles. The first-order valence-corrected chi connectivity index (χ1v) is 7.02. The quantitative estimate of drug-likeness (QED) is 0.770. The van der Waals surface area contributed by atoms with Crippen LogP contribution in [0.2, 0.25) is 0 Å². The molecule has 1 saturated carbocycles. The summed E-state index contributed by atoms with van der Waals surface area (Å²) < 4.78 is 10.8. The van der Waals surface area contributed by atoms with Crippen molar-refractivity contribution in [2.45, 2.75) is 45.8 Å². The average molecular weight is 270 g/mol. The van der Waals surface area contributed by atoms with Crippen molar-refractivity contribution in [1.29, 1.82) is 0 Å². The second-order valence-corrected chi connectivity index (χ2v) is 6.83. The number of hydrogen-bond donors (Lipinski definition) is 2. The molecule has 1 saturated heterocycles. The van der Waals surface area contributed by atoms with Crippen LogP contribution in [-0.4, -0.2) is 43.9 Å². The monoisotopic (exact) mass is 270 g/mol. The van der Waals surface area contributed by atoms with Crippen LogP contribution in [0.5, 0.6) is 0 Å². The predicted molar refractivity (Wildman–Crippen MR) is 72.7 cm³/mol. The molecule has 0 spiro atoms. The standard InChI is InChI=1S/C14H26N2O3/c1-5-19-10-6-14(15,12(10,2)3)11(17)16-7-13(4)8-18-9-13/h10H,5-9,15H2,1-4H3,(H,16,17). The van der Waals surface area contributed by atoms with Crippen molar-refractivity contribution in [2.24, 2.45) is 16.6 Å². The van der Waals surface area contributed by atoms with E-state index < -0.39 is 5.54 Å². The van der Waals surface area contributed by atoms with E-state index in [4.69, 9.17) is 15.2 Å². The molecule has 0 aromatic carbocycles. The molecule has 1 aliphatic carbocycles. The van der Waals surface area contributed by atoms with E-state index >= 15 is 0 Å². The molecule has 2 fully saturated rings. The summed E-state index contributed by atoms with van der Waals surface area (Å²) in [5, 5.41) is 2.99. The first-order chi connectivity index (χ1) is 8.75. The molecular weight excluding hydrogens is 244 g/mol. The van der Waals surface area contributed by atoms with Gasteiger partial charge in [-0.3, -0.25) is 4.79 Å². The fourth-order valence-corrected chi connectivity index (χ4v) is 2.82. The summed E-state index contributed by atoms with van der Waals surface area (Å²) in [5.74, 6) is -0.0680. The molecule has 5 nitrogen and oxygen atoms in total. The molecule has 2 aliphatic rings. The predicted octanol–water partition coefficient (Wildman–Crippen LogP) is 0.672. The molecule has 1 aliphatic heterocycles. The van der Waals surface area contributed by atoms with Crippen LogP contribution in [0.1, 0.15) is 34.1 Å². The van der Waals surface area contributed by atoms with Crippen LogP contribution in [0.3, 0.4) is 0 Å². The first-order valence-electron chi connectivity index (χ1n) is 7.02. The highest BCUT2D eigenvalue weighted by molar-refractivity contribution is 5.88. The Hall–Kier alpha value is -0.650. The van der Waals surface area contributed by atoms with Crippen molar-refractivity contribution in [1.82, 2.24) is 5.32 Å². The lowest BCUT2D eigenvalue weighted by Crippen LogP contribution is -2.76. The SMILES string of the molecule is CCOC1CC(N)(C(=O)NCC2(C)COC2)C1(C)C. The van der Waals surface area contributed by atoms with Gasteiger partial charge in [0, 0.05) is 30.4 Å². The van der Waals surface area contributed by atoms with Crippen LogP contribution >= 0.6 is 0 Å². The topological polar surface area (TPSA) is 73.6 Å². The number of nitrogens with one attached hydrogen (secondary N) is 1. The van der Waals surface area contributed by atoms with Crippen molar-refractivity contribution in [3.8, 4) is 0 Å². The largest absolute Gasteiger partial charge is 0.380 e. The van der Waals surface area contributed by atoms with E-state index in [9.17, 15) is 4.79 Å². The maximum Gasteiger partial charge on any atom is 0.240 e. The van der Waals surface area contributed by atoms with Crippen molar-refractivity contribution in [3.63, 3.8) is 0 Å². The van der Waals surface area contributed by atoms with Crippen molar-refractivity contribution in [2.75, 3.05) is 26.4 Å². The van der Waals surface area contributed by atoms with E-state index in [1.807, 2.05) is 20.8 Å². The Morgan fingerprint density at radius 1 is 1.42 bits per heavy atom. The molecular formula is C14H26N2O3. The van der Waals surface area contributed by atoms with E-state index in [2.05, 4.69) is 12.2 Å². The van der Waals surface area contributed by atoms with Gasteiger partial charge in [0.15, 0.2) is 0 Å². The number of nitrogens with two attached hydrogens (primary N) is 1. The Bertz CT molecular complexity index is 366. The first kappa shape index (κ1) is 14.8. The maximum atomic E-state index is 12.4. The molecule has 1 heterocycles. The smallest absolute Gasteiger partial charge is 0.240 e. The van der Waals surface area contributed by atoms with Gasteiger partial charge in [-0.25, -0.2) is 0 Å². The minimum atomic E-state index is -0.826. The van der Waals surface area contributed by atoms with Crippen LogP contribution in [0, 0.1) is 10.8 Å². The van der Waals surface area contributed by atoms with Gasteiger partial charge in [-0.15, -0.1) is 0 Å². The summed E-state index contributed by atoms with van der Waals surface area (Å²) >= 11 is 0. The fourth-order valence-electron chi connectivity index (χ4n) is 2.82. The van der Waals surface area contributed by atoms with Crippen molar-refractivity contribution >= 4 is 5.91 Å². The Balaban J connectivity index is 1.92. The zero-order chi connectivity index (χ0) is 14.3. The normalized spacial score (nSPS) is 35.1. The van der Waals surface area contributed by atoms with Gasteiger partial charge in [-0.05, 0) is 6.92 Å². The second kappa shape index (κ2) is 4.72. The Kier molecular flexibility index (Phi) is 3.66. The summed E-state index contributed by atoms with van der Waals surface area (Å²) in [6.45, 7) is 10.8. The summed E-state index contributed by atoms with van der Waals surface area (Å²) in [4.78, 5) is 12.4. The van der Waals surface area contributed by atoms with Crippen LogP contribution in [-0.2, 0) is 14.3 Å². The van der Waals surface area contributed by atoms with E-state index in [-0.39, 0.29) is 22.8 Å². The molecule has 2 atom stereocenters. The molecule has 110 valence electrons. The van der Waals surface area contributed by atoms with Crippen LogP contribution in [0.25, 0.3) is 0 Å². The van der Waals surface area contributed by atoms with Gasteiger partial charge in [-0.2, -0.15) is 0 Å². The summed E-state index contributed by atoms with van der Waals surface area (Å²) in [5.41, 5.74) is 5.22. The molecule has 5 heteroatoms. The summed E-state index contributed by atoms with van der Waals surface area (Å²) in [6, 6.07) is 0. The molecule has 0 radical (unpaired) electrons. The number of carbonyl (C=O) groups is 1. The van der Waals surface area contributed by atoms with Gasteiger partial charge in [0.1, 0.15) is 5.54 Å². The minimum Gasteiger partial charge on any atom is -0.380 e. The minimum absolute atomic E-state index is 0.0656. The Labute approximate surface area is 115 Å². The molecule has 2 rings (SSSR count). The lowest BCUT2D eigenvalue weighted by Gasteiger charge is -2.57. The Morgan fingerprint density at radius 2 is 2.05 bits per heavy atom. The highest BCUT2D eigenvalue weighted by Crippen LogP contribution is 2.49. The number of ether oxygens (including phenoxy) is 2. The molecule has 3 N–H and O–H groups in total. The molecule has 2 unspecified atom stereocenters. The van der Waals surface area contributed by atoms with Gasteiger partial charge in [0.05, 0.1) is 19.3 Å². The highest BCUT2D eigenvalue weighted by Gasteiger charge is 2.62. The number of rotatable bonds is 5. The number of hydrogen-bond acceptors (Lipinski definition) is 4. The van der Waals surface area contributed by atoms with Gasteiger partial charge >= 0.3 is 0 Å². The van der Waals surface area contributed by atoms with Crippen molar-refractivity contribution in [3.05, 3.63) is 0 Å². The lowest BCUT2D eigenvalue weighted by atomic mass is 9.54. The maximum absolute atomic E-state index is 12.4. The summed E-state index contributed by atoms with van der Waals surface area (Å²) in [6.07, 6.45) is 0.656. The molecule has 0 bridgehead atoms. The molecule has 19 heavy (non-hydrogen) atoms. The summed E-state index contributed by atoms with van der Waals surface area (Å²) in [7, 11) is 0. The highest BCUT2D eigenvalue weighted by atomic mass is 16.5. The van der Waals surface area contributed by atoms with Gasteiger partial charge in [0.2, 0.25) is 5.91 Å². The van der Waals surface area contributed by atoms with Gasteiger partial charge < -0.3 is 20.5 Å². The third-order valence-corrected chi connectivity index (χ3v) is 4.81. The number of amides is 1. The third kappa shape index (κ3) is 2.28. The van der Waals surface area contributed by atoms with Gasteiger partial charge in [-0.1, -0.05) is 20.8 Å². The molecule has 1 amide bonds. The van der Waals surface area contributed by atoms with Gasteiger partial charge in [0.25, 0.3) is 0 Å². The van der Waals surface area contributed by atoms with Crippen LogP contribution in [0.15, 0.2) is 0 Å². The van der Waals surface area contributed by atoms with E-state index in [0.29, 0.717) is 32.8 Å². The van der Waals surface area contributed by atoms with Crippen LogP contribution in [0.4, 0.5) is 0 Å². The van der Waals surface area contributed by atoms with E-state index in [1.165, 1.54) is 0 Å². The van der Waals surface area contributed by atoms with Crippen molar-refractivity contribution < 1.29 is 14.3 Å². The van der Waals surface area contributed by atoms with E-state index in [1.54, 1.807) is 0 Å². The van der Waals surface area contributed by atoms with E-state index in [0.717, 1.165) is 0 Å². The number of carbonyl (C=O) groups excluding carboxylic acids is 1.